The normalized spacial score (nSPS) is 12.2. The fourth-order valence-electron chi connectivity index (χ4n) is 3.29. The average Bonchev–Trinajstić information content (AvgIpc) is 3.09. The number of halogens is 1. The van der Waals surface area contributed by atoms with Gasteiger partial charge < -0.3 is 11.1 Å². The lowest BCUT2D eigenvalue weighted by atomic mass is 9.90. The Bertz CT molecular complexity index is 1030. The van der Waals surface area contributed by atoms with Crippen molar-refractivity contribution < 1.29 is 4.79 Å². The molecule has 0 spiro atoms. The molecule has 0 fully saturated rings. The fraction of sp³-hybridized carbons (Fsp3) is 0.364. The number of nitrogens with two attached hydrogens (primary N) is 1. The molecule has 0 saturated carbocycles. The zero-order chi connectivity index (χ0) is 21.8. The minimum atomic E-state index is -0.179. The first-order chi connectivity index (χ1) is 14.2. The van der Waals surface area contributed by atoms with Crippen molar-refractivity contribution in [3.8, 4) is 5.95 Å². The van der Waals surface area contributed by atoms with Crippen LogP contribution in [0.4, 0.5) is 5.82 Å². The molecule has 0 aliphatic heterocycles. The third kappa shape index (κ3) is 5.16. The highest BCUT2D eigenvalue weighted by Gasteiger charge is 2.19. The van der Waals surface area contributed by atoms with E-state index in [4.69, 9.17) is 17.3 Å². The summed E-state index contributed by atoms with van der Waals surface area (Å²) in [5.41, 5.74) is 8.90. The number of rotatable bonds is 7. The van der Waals surface area contributed by atoms with E-state index in [1.54, 1.807) is 19.3 Å². The van der Waals surface area contributed by atoms with E-state index in [0.717, 1.165) is 17.5 Å². The van der Waals surface area contributed by atoms with Gasteiger partial charge >= 0.3 is 0 Å². The van der Waals surface area contributed by atoms with Gasteiger partial charge in [0.05, 0.1) is 11.3 Å². The molecular weight excluding hydrogens is 400 g/mol. The van der Waals surface area contributed by atoms with Crippen molar-refractivity contribution in [2.24, 2.45) is 5.92 Å². The van der Waals surface area contributed by atoms with Gasteiger partial charge in [-0.2, -0.15) is 10.1 Å². The highest BCUT2D eigenvalue weighted by Crippen LogP contribution is 2.25. The molecule has 2 heterocycles. The van der Waals surface area contributed by atoms with Crippen molar-refractivity contribution in [1.82, 2.24) is 25.1 Å². The zero-order valence-electron chi connectivity index (χ0n) is 17.7. The molecule has 1 atom stereocenters. The van der Waals surface area contributed by atoms with Gasteiger partial charge in [0.25, 0.3) is 11.9 Å². The number of benzene rings is 1. The van der Waals surface area contributed by atoms with Crippen molar-refractivity contribution in [3.05, 3.63) is 64.1 Å². The molecule has 158 valence electrons. The largest absolute Gasteiger partial charge is 0.383 e. The molecule has 1 amide bonds. The van der Waals surface area contributed by atoms with Gasteiger partial charge in [-0.3, -0.25) is 4.79 Å². The Labute approximate surface area is 181 Å². The number of aromatic nitrogens is 4. The summed E-state index contributed by atoms with van der Waals surface area (Å²) in [5.74, 6) is 1.23. The van der Waals surface area contributed by atoms with E-state index < -0.39 is 0 Å². The molecule has 3 rings (SSSR count). The summed E-state index contributed by atoms with van der Waals surface area (Å²) in [4.78, 5) is 21.3. The van der Waals surface area contributed by atoms with E-state index >= 15 is 0 Å². The van der Waals surface area contributed by atoms with Crippen molar-refractivity contribution >= 4 is 23.3 Å². The van der Waals surface area contributed by atoms with Crippen LogP contribution in [0.1, 0.15) is 53.4 Å². The van der Waals surface area contributed by atoms with E-state index in [0.29, 0.717) is 40.5 Å². The number of carbonyl (C=O) groups excluding carboxylic acids is 1. The molecule has 7 nitrogen and oxygen atoms in total. The predicted molar refractivity (Wildman–Crippen MR) is 119 cm³/mol. The average molecular weight is 427 g/mol. The molecule has 0 radical (unpaired) electrons. The maximum absolute atomic E-state index is 12.9. The lowest BCUT2D eigenvalue weighted by Crippen LogP contribution is -2.29. The number of aryl methyl sites for hydroxylation is 2. The first-order valence-corrected chi connectivity index (χ1v) is 10.3. The zero-order valence-corrected chi connectivity index (χ0v) is 18.4. The minimum absolute atomic E-state index is 0.179. The van der Waals surface area contributed by atoms with Crippen LogP contribution in [0.15, 0.2) is 36.7 Å². The molecule has 1 aromatic carbocycles. The first-order valence-electron chi connectivity index (χ1n) is 9.94. The molecule has 1 unspecified atom stereocenters. The lowest BCUT2D eigenvalue weighted by molar-refractivity contribution is 0.0949. The van der Waals surface area contributed by atoms with Crippen LogP contribution in [-0.2, 0) is 0 Å². The van der Waals surface area contributed by atoms with Crippen molar-refractivity contribution in [2.45, 2.75) is 40.0 Å². The molecule has 0 bridgehead atoms. The van der Waals surface area contributed by atoms with E-state index in [1.165, 1.54) is 4.68 Å². The van der Waals surface area contributed by atoms with Gasteiger partial charge in [-0.1, -0.05) is 37.6 Å². The Kier molecular flexibility index (Phi) is 6.72. The summed E-state index contributed by atoms with van der Waals surface area (Å²) in [5, 5.41) is 8.13. The van der Waals surface area contributed by atoms with Gasteiger partial charge in [0, 0.05) is 35.4 Å². The summed E-state index contributed by atoms with van der Waals surface area (Å²) in [6.45, 7) is 8.49. The lowest BCUT2D eigenvalue weighted by Gasteiger charge is -2.20. The molecule has 3 N–H and O–H groups in total. The van der Waals surface area contributed by atoms with E-state index in [9.17, 15) is 4.79 Å². The van der Waals surface area contributed by atoms with Crippen LogP contribution < -0.4 is 11.1 Å². The van der Waals surface area contributed by atoms with E-state index in [2.05, 4.69) is 34.2 Å². The van der Waals surface area contributed by atoms with E-state index in [1.807, 2.05) is 31.2 Å². The van der Waals surface area contributed by atoms with E-state index in [-0.39, 0.29) is 11.8 Å². The quantitative estimate of drug-likeness (QED) is 0.593. The number of nitrogens with one attached hydrogen (secondary N) is 1. The molecule has 0 aliphatic carbocycles. The summed E-state index contributed by atoms with van der Waals surface area (Å²) in [7, 11) is 0. The van der Waals surface area contributed by atoms with Crippen LogP contribution in [-0.4, -0.2) is 32.2 Å². The van der Waals surface area contributed by atoms with Crippen molar-refractivity contribution in [2.75, 3.05) is 12.3 Å². The summed E-state index contributed by atoms with van der Waals surface area (Å²) >= 11 is 6.02. The van der Waals surface area contributed by atoms with Gasteiger partial charge in [0.1, 0.15) is 5.82 Å². The monoisotopic (exact) mass is 426 g/mol. The fourth-order valence-corrected chi connectivity index (χ4v) is 3.42. The Morgan fingerprint density at radius 1 is 1.23 bits per heavy atom. The number of anilines is 1. The summed E-state index contributed by atoms with van der Waals surface area (Å²) in [6, 6.07) is 7.80. The number of hydrogen-bond acceptors (Lipinski definition) is 5. The third-order valence-corrected chi connectivity index (χ3v) is 5.20. The topological polar surface area (TPSA) is 98.7 Å². The Balaban J connectivity index is 1.75. The van der Waals surface area contributed by atoms with Crippen LogP contribution in [0.3, 0.4) is 0 Å². The van der Waals surface area contributed by atoms with Gasteiger partial charge in [-0.25, -0.2) is 9.67 Å². The summed E-state index contributed by atoms with van der Waals surface area (Å²) in [6.07, 6.45) is 4.22. The maximum Gasteiger partial charge on any atom is 0.254 e. The van der Waals surface area contributed by atoms with Crippen LogP contribution in [0.5, 0.6) is 0 Å². The number of nitrogens with zero attached hydrogens (tertiary/aromatic N) is 4. The van der Waals surface area contributed by atoms with Gasteiger partial charge in [0.15, 0.2) is 0 Å². The molecule has 2 aromatic heterocycles. The minimum Gasteiger partial charge on any atom is -0.383 e. The predicted octanol–water partition coefficient (Wildman–Crippen LogP) is 4.07. The Morgan fingerprint density at radius 2 is 1.93 bits per heavy atom. The maximum atomic E-state index is 12.9. The standard InChI is InChI=1S/C22H27ClN6O/c1-13(2)9-17(16-5-7-18(23)8-6-16)11-25-21(30)19-12-29(28-15(19)4)22-26-10-14(3)20(24)27-22/h5-8,10,12-13,17H,9,11H2,1-4H3,(H,25,30)(H2,24,26,27). The number of hydrogen-bond donors (Lipinski definition) is 2. The van der Waals surface area contributed by atoms with Crippen LogP contribution in [0.25, 0.3) is 5.95 Å². The highest BCUT2D eigenvalue weighted by atomic mass is 35.5. The molecule has 30 heavy (non-hydrogen) atoms. The first kappa shape index (κ1) is 21.8. The second-order valence-corrected chi connectivity index (χ2v) is 8.34. The SMILES string of the molecule is Cc1cnc(-n2cc(C(=O)NCC(CC(C)C)c3ccc(Cl)cc3)c(C)n2)nc1N. The van der Waals surface area contributed by atoms with Crippen molar-refractivity contribution in [1.29, 1.82) is 0 Å². The third-order valence-electron chi connectivity index (χ3n) is 4.95. The number of amides is 1. The Morgan fingerprint density at radius 3 is 2.57 bits per heavy atom. The molecule has 8 heteroatoms. The second-order valence-electron chi connectivity index (χ2n) is 7.90. The van der Waals surface area contributed by atoms with Gasteiger partial charge in [-0.05, 0) is 43.9 Å². The highest BCUT2D eigenvalue weighted by molar-refractivity contribution is 6.30. The van der Waals surface area contributed by atoms with Crippen molar-refractivity contribution in [3.63, 3.8) is 0 Å². The van der Waals surface area contributed by atoms with Gasteiger partial charge in [-0.15, -0.1) is 0 Å². The van der Waals surface area contributed by atoms with Gasteiger partial charge in [0.2, 0.25) is 0 Å². The molecular formula is C22H27ClN6O. The second kappa shape index (κ2) is 9.26. The van der Waals surface area contributed by atoms with Crippen LogP contribution in [0, 0.1) is 19.8 Å². The Hall–Kier alpha value is -2.93. The number of nitrogen functional groups attached to an aromatic ring is 1. The molecule has 0 saturated heterocycles. The summed E-state index contributed by atoms with van der Waals surface area (Å²) < 4.78 is 1.48. The van der Waals surface area contributed by atoms with Crippen LogP contribution >= 0.6 is 11.6 Å². The molecule has 0 aliphatic rings. The smallest absolute Gasteiger partial charge is 0.254 e. The van der Waals surface area contributed by atoms with Crippen LogP contribution in [0.2, 0.25) is 5.02 Å². The molecule has 3 aromatic rings. The number of carbonyl (C=O) groups is 1.